The van der Waals surface area contributed by atoms with Gasteiger partial charge in [0.05, 0.1) is 5.54 Å². The predicted octanol–water partition coefficient (Wildman–Crippen LogP) is 0.676. The van der Waals surface area contributed by atoms with E-state index in [1.54, 1.807) is 13.8 Å². The Morgan fingerprint density at radius 3 is 2.04 bits per heavy atom. The third-order valence-corrected chi connectivity index (χ3v) is 3.71. The van der Waals surface area contributed by atoms with Crippen molar-refractivity contribution in [2.45, 2.75) is 52.2 Å². The molecule has 0 aliphatic carbocycles. The number of ketones is 1. The second-order valence-corrected chi connectivity index (χ2v) is 6.15. The Morgan fingerprint density at radius 2 is 1.61 bits per heavy atom. The van der Waals surface area contributed by atoms with E-state index >= 15 is 0 Å². The molecule has 0 aromatic heterocycles. The highest BCUT2D eigenvalue weighted by molar-refractivity contribution is 5.93. The van der Waals surface area contributed by atoms with Crippen molar-refractivity contribution in [3.05, 3.63) is 35.4 Å². The molecule has 6 heteroatoms. The van der Waals surface area contributed by atoms with Crippen molar-refractivity contribution in [2.75, 3.05) is 0 Å². The lowest BCUT2D eigenvalue weighted by atomic mass is 9.98. The van der Waals surface area contributed by atoms with Gasteiger partial charge in [-0.1, -0.05) is 24.3 Å². The van der Waals surface area contributed by atoms with E-state index in [1.165, 1.54) is 13.8 Å². The normalized spacial score (nSPS) is 12.4. The molecule has 126 valence electrons. The van der Waals surface area contributed by atoms with E-state index in [2.05, 4.69) is 10.6 Å². The van der Waals surface area contributed by atoms with Gasteiger partial charge in [-0.25, -0.2) is 0 Å². The van der Waals surface area contributed by atoms with Gasteiger partial charge in [0.1, 0.15) is 6.04 Å². The number of benzene rings is 1. The molecule has 1 aromatic rings. The molecule has 1 rings (SSSR count). The van der Waals surface area contributed by atoms with Crippen LogP contribution in [0.5, 0.6) is 0 Å². The molecule has 6 nitrogen and oxygen atoms in total. The standard InChI is InChI=1S/C17H25N3O3/c1-11(21)17(3,4)20-16(23)15(19-12(2)22)9-13-5-7-14(10-18)8-6-13/h5-8,15H,9-10,18H2,1-4H3,(H,19,22)(H,20,23)/t15-/m0/s1. The minimum atomic E-state index is -0.975. The number of hydrogen-bond donors (Lipinski definition) is 3. The quantitative estimate of drug-likeness (QED) is 0.688. The summed E-state index contributed by atoms with van der Waals surface area (Å²) in [6.45, 7) is 6.48. The Kier molecular flexibility index (Phi) is 6.45. The number of carbonyl (C=O) groups excluding carboxylic acids is 3. The first-order valence-corrected chi connectivity index (χ1v) is 7.53. The van der Waals surface area contributed by atoms with Crippen LogP contribution in [0.25, 0.3) is 0 Å². The maximum atomic E-state index is 12.4. The second kappa shape index (κ2) is 7.87. The first-order valence-electron chi connectivity index (χ1n) is 7.53. The largest absolute Gasteiger partial charge is 0.344 e. The topological polar surface area (TPSA) is 101 Å². The van der Waals surface area contributed by atoms with Crippen LogP contribution in [0, 0.1) is 0 Å². The predicted molar refractivity (Wildman–Crippen MR) is 88.5 cm³/mol. The fourth-order valence-electron chi connectivity index (χ4n) is 1.98. The maximum absolute atomic E-state index is 12.4. The van der Waals surface area contributed by atoms with Crippen molar-refractivity contribution >= 4 is 17.6 Å². The molecule has 0 aliphatic rings. The van der Waals surface area contributed by atoms with Gasteiger partial charge in [0.15, 0.2) is 5.78 Å². The van der Waals surface area contributed by atoms with E-state index in [1.807, 2.05) is 24.3 Å². The number of nitrogens with two attached hydrogens (primary N) is 1. The number of amides is 2. The summed E-state index contributed by atoms with van der Waals surface area (Å²) < 4.78 is 0. The van der Waals surface area contributed by atoms with Crippen molar-refractivity contribution < 1.29 is 14.4 Å². The highest BCUT2D eigenvalue weighted by atomic mass is 16.2. The number of nitrogens with one attached hydrogen (secondary N) is 2. The van der Waals surface area contributed by atoms with Crippen LogP contribution in [0.4, 0.5) is 0 Å². The van der Waals surface area contributed by atoms with Crippen LogP contribution in [-0.2, 0) is 27.3 Å². The summed E-state index contributed by atoms with van der Waals surface area (Å²) in [7, 11) is 0. The Labute approximate surface area is 136 Å². The maximum Gasteiger partial charge on any atom is 0.243 e. The molecular weight excluding hydrogens is 294 g/mol. The Morgan fingerprint density at radius 1 is 1.09 bits per heavy atom. The van der Waals surface area contributed by atoms with Crippen molar-refractivity contribution in [3.63, 3.8) is 0 Å². The molecule has 0 aliphatic heterocycles. The van der Waals surface area contributed by atoms with Gasteiger partial charge in [0.2, 0.25) is 11.8 Å². The molecular formula is C17H25N3O3. The summed E-state index contributed by atoms with van der Waals surface area (Å²) >= 11 is 0. The minimum Gasteiger partial charge on any atom is -0.344 e. The fourth-order valence-corrected chi connectivity index (χ4v) is 1.98. The number of carbonyl (C=O) groups is 3. The molecule has 1 atom stereocenters. The SMILES string of the molecule is CC(=O)N[C@@H](Cc1ccc(CN)cc1)C(=O)NC(C)(C)C(C)=O. The van der Waals surface area contributed by atoms with Gasteiger partial charge in [0, 0.05) is 19.9 Å². The molecule has 1 aromatic carbocycles. The highest BCUT2D eigenvalue weighted by Gasteiger charge is 2.29. The summed E-state index contributed by atoms with van der Waals surface area (Å²) in [5.41, 5.74) is 6.48. The molecule has 2 amide bonds. The van der Waals surface area contributed by atoms with Crippen LogP contribution in [0.3, 0.4) is 0 Å². The molecule has 0 fully saturated rings. The summed E-state index contributed by atoms with van der Waals surface area (Å²) in [6.07, 6.45) is 0.338. The molecule has 0 saturated carbocycles. The Hall–Kier alpha value is -2.21. The lowest BCUT2D eigenvalue weighted by Gasteiger charge is -2.26. The summed E-state index contributed by atoms with van der Waals surface area (Å²) in [6, 6.07) is 6.78. The van der Waals surface area contributed by atoms with E-state index in [9.17, 15) is 14.4 Å². The van der Waals surface area contributed by atoms with Crippen LogP contribution in [-0.4, -0.2) is 29.2 Å². The molecule has 0 heterocycles. The Balaban J connectivity index is 2.88. The van der Waals surface area contributed by atoms with Gasteiger partial charge in [0.25, 0.3) is 0 Å². The van der Waals surface area contributed by atoms with Crippen molar-refractivity contribution in [3.8, 4) is 0 Å². The van der Waals surface area contributed by atoms with E-state index in [0.29, 0.717) is 13.0 Å². The zero-order valence-corrected chi connectivity index (χ0v) is 14.1. The number of hydrogen-bond acceptors (Lipinski definition) is 4. The molecule has 0 unspecified atom stereocenters. The van der Waals surface area contributed by atoms with Crippen molar-refractivity contribution in [2.24, 2.45) is 5.73 Å². The molecule has 0 spiro atoms. The van der Waals surface area contributed by atoms with E-state index in [0.717, 1.165) is 11.1 Å². The van der Waals surface area contributed by atoms with Crippen LogP contribution < -0.4 is 16.4 Å². The van der Waals surface area contributed by atoms with Gasteiger partial charge in [-0.15, -0.1) is 0 Å². The molecule has 4 N–H and O–H groups in total. The minimum absolute atomic E-state index is 0.153. The summed E-state index contributed by atoms with van der Waals surface area (Å²) in [4.78, 5) is 35.4. The Bertz CT molecular complexity index is 579. The van der Waals surface area contributed by atoms with Crippen LogP contribution >= 0.6 is 0 Å². The van der Waals surface area contributed by atoms with Gasteiger partial charge in [-0.3, -0.25) is 14.4 Å². The second-order valence-electron chi connectivity index (χ2n) is 6.15. The lowest BCUT2D eigenvalue weighted by Crippen LogP contribution is -2.56. The van der Waals surface area contributed by atoms with Crippen LogP contribution in [0.15, 0.2) is 24.3 Å². The average Bonchev–Trinajstić information content (AvgIpc) is 2.46. The fraction of sp³-hybridized carbons (Fsp3) is 0.471. The summed E-state index contributed by atoms with van der Waals surface area (Å²) in [5.74, 6) is -0.840. The highest BCUT2D eigenvalue weighted by Crippen LogP contribution is 2.09. The first-order chi connectivity index (χ1) is 10.7. The van der Waals surface area contributed by atoms with Gasteiger partial charge in [-0.05, 0) is 31.9 Å². The zero-order chi connectivity index (χ0) is 17.6. The average molecular weight is 319 g/mol. The van der Waals surface area contributed by atoms with E-state index in [-0.39, 0.29) is 17.6 Å². The van der Waals surface area contributed by atoms with E-state index < -0.39 is 11.6 Å². The molecule has 0 saturated heterocycles. The van der Waals surface area contributed by atoms with Crippen molar-refractivity contribution in [1.82, 2.24) is 10.6 Å². The number of Topliss-reactive ketones (excluding diaryl/α,β-unsaturated/α-hetero) is 1. The van der Waals surface area contributed by atoms with Crippen LogP contribution in [0.1, 0.15) is 38.8 Å². The van der Waals surface area contributed by atoms with Crippen molar-refractivity contribution in [1.29, 1.82) is 0 Å². The van der Waals surface area contributed by atoms with Gasteiger partial charge >= 0.3 is 0 Å². The van der Waals surface area contributed by atoms with Crippen LogP contribution in [0.2, 0.25) is 0 Å². The smallest absolute Gasteiger partial charge is 0.243 e. The van der Waals surface area contributed by atoms with Gasteiger partial charge in [-0.2, -0.15) is 0 Å². The summed E-state index contributed by atoms with van der Waals surface area (Å²) in [5, 5.41) is 5.31. The number of rotatable bonds is 7. The lowest BCUT2D eigenvalue weighted by molar-refractivity contribution is -0.132. The first kappa shape index (κ1) is 18.8. The third kappa shape index (κ3) is 5.83. The van der Waals surface area contributed by atoms with Gasteiger partial charge < -0.3 is 16.4 Å². The zero-order valence-electron chi connectivity index (χ0n) is 14.1. The molecule has 0 radical (unpaired) electrons. The third-order valence-electron chi connectivity index (χ3n) is 3.71. The molecule has 23 heavy (non-hydrogen) atoms. The molecule has 0 bridgehead atoms. The van der Waals surface area contributed by atoms with E-state index in [4.69, 9.17) is 5.73 Å². The monoisotopic (exact) mass is 319 g/mol.